The van der Waals surface area contributed by atoms with Gasteiger partial charge in [-0.05, 0) is 89.2 Å². The predicted molar refractivity (Wildman–Crippen MR) is 135 cm³/mol. The molecular weight excluding hydrogens is 557 g/mol. The number of benzene rings is 2. The molecule has 0 unspecified atom stereocenters. The molecule has 1 aliphatic rings. The van der Waals surface area contributed by atoms with Crippen LogP contribution in [0.2, 0.25) is 0 Å². The first-order valence-corrected chi connectivity index (χ1v) is 12.0. The van der Waals surface area contributed by atoms with Gasteiger partial charge in [-0.1, -0.05) is 18.2 Å². The van der Waals surface area contributed by atoms with Gasteiger partial charge in [0, 0.05) is 9.13 Å². The minimum absolute atomic E-state index is 0.154. The van der Waals surface area contributed by atoms with Gasteiger partial charge in [-0.25, -0.2) is 0 Å². The Morgan fingerprint density at radius 2 is 1.94 bits per heavy atom. The van der Waals surface area contributed by atoms with Crippen molar-refractivity contribution in [2.45, 2.75) is 20.0 Å². The Morgan fingerprint density at radius 1 is 1.21 bits per heavy atom. The molecule has 1 heterocycles. The number of carboxylic acids is 1. The number of nitrogens with zero attached hydrogens (tertiary/aromatic N) is 1. The summed E-state index contributed by atoms with van der Waals surface area (Å²) in [5.41, 5.74) is 2.47. The van der Waals surface area contributed by atoms with Crippen LogP contribution in [0.1, 0.15) is 23.6 Å². The van der Waals surface area contributed by atoms with Crippen LogP contribution >= 0.6 is 34.4 Å². The smallest absolute Gasteiger partial charge is 0.323 e. The number of hydrogen-bond acceptors (Lipinski definition) is 6. The van der Waals surface area contributed by atoms with E-state index in [4.69, 9.17) is 14.6 Å². The molecule has 1 saturated heterocycles. The predicted octanol–water partition coefficient (Wildman–Crippen LogP) is 5.12. The molecule has 0 aliphatic carbocycles. The van der Waals surface area contributed by atoms with Crippen LogP contribution in [0, 0.1) is 3.57 Å². The van der Waals surface area contributed by atoms with Crippen molar-refractivity contribution in [3.63, 3.8) is 0 Å². The van der Waals surface area contributed by atoms with Crippen molar-refractivity contribution in [1.82, 2.24) is 4.90 Å². The van der Waals surface area contributed by atoms with Gasteiger partial charge in [0.05, 0.1) is 11.5 Å². The van der Waals surface area contributed by atoms with E-state index in [9.17, 15) is 14.4 Å². The Labute approximate surface area is 209 Å². The minimum Gasteiger partial charge on any atom is -0.490 e. The van der Waals surface area contributed by atoms with Crippen LogP contribution in [0.25, 0.3) is 6.08 Å². The van der Waals surface area contributed by atoms with E-state index >= 15 is 0 Å². The summed E-state index contributed by atoms with van der Waals surface area (Å²) in [4.78, 5) is 36.4. The van der Waals surface area contributed by atoms with Gasteiger partial charge >= 0.3 is 5.97 Å². The van der Waals surface area contributed by atoms with E-state index in [-0.39, 0.29) is 4.91 Å². The van der Waals surface area contributed by atoms with E-state index in [1.165, 1.54) is 0 Å². The number of ether oxygens (including phenoxy) is 2. The highest BCUT2D eigenvalue weighted by atomic mass is 127. The molecule has 0 saturated carbocycles. The molecule has 0 aromatic heterocycles. The second kappa shape index (κ2) is 11.4. The fourth-order valence-corrected chi connectivity index (χ4v) is 4.36. The lowest BCUT2D eigenvalue weighted by Crippen LogP contribution is -2.33. The molecule has 0 atom stereocenters. The van der Waals surface area contributed by atoms with E-state index in [2.05, 4.69) is 29.2 Å². The summed E-state index contributed by atoms with van der Waals surface area (Å²) in [7, 11) is 0. The zero-order valence-electron chi connectivity index (χ0n) is 17.9. The second-order valence-corrected chi connectivity index (χ2v) is 9.25. The summed E-state index contributed by atoms with van der Waals surface area (Å²) in [5, 5.41) is 8.33. The Hall–Kier alpha value is -2.79. The van der Waals surface area contributed by atoms with E-state index in [0.717, 1.165) is 14.7 Å². The Balaban J connectivity index is 1.93. The van der Waals surface area contributed by atoms with Crippen LogP contribution in [0.15, 0.2) is 54.0 Å². The number of rotatable bonds is 10. The summed E-state index contributed by atoms with van der Waals surface area (Å²) in [6.07, 6.45) is 3.81. The third-order valence-corrected chi connectivity index (χ3v) is 6.21. The van der Waals surface area contributed by atoms with Crippen LogP contribution in [-0.2, 0) is 22.6 Å². The second-order valence-electron chi connectivity index (χ2n) is 7.01. The number of carboxylic acid groups (broad SMARTS) is 1. The third-order valence-electron chi connectivity index (χ3n) is 4.58. The van der Waals surface area contributed by atoms with Crippen molar-refractivity contribution in [3.05, 3.63) is 74.2 Å². The average Bonchev–Trinajstić information content (AvgIpc) is 3.02. The van der Waals surface area contributed by atoms with Crippen molar-refractivity contribution in [1.29, 1.82) is 0 Å². The SMILES string of the molecule is C=CCc1cc(/C=C2/SC(=O)N(CC(=O)O)C2=O)cc(OCC)c1OCc1ccc(I)cc1. The molecule has 1 N–H and O–H groups in total. The maximum Gasteiger partial charge on any atom is 0.323 e. The van der Waals surface area contributed by atoms with Crippen molar-refractivity contribution < 1.29 is 29.0 Å². The maximum atomic E-state index is 12.5. The first-order valence-electron chi connectivity index (χ1n) is 10.1. The maximum absolute atomic E-state index is 12.5. The molecule has 7 nitrogen and oxygen atoms in total. The summed E-state index contributed by atoms with van der Waals surface area (Å²) in [6.45, 7) is 5.77. The fraction of sp³-hybridized carbons (Fsp3) is 0.208. The highest BCUT2D eigenvalue weighted by molar-refractivity contribution is 14.1. The highest BCUT2D eigenvalue weighted by Gasteiger charge is 2.36. The standard InChI is InChI=1S/C24H22INO6S/c1-3-5-17-10-16(12-20-23(29)26(13-21(27)28)24(30)33-20)11-19(31-4-2)22(17)32-14-15-6-8-18(25)9-7-15/h3,6-12H,1,4-5,13-14H2,2H3,(H,27,28)/b20-12+. The molecular formula is C24H22INO6S. The number of thioether (sulfide) groups is 1. The number of carbonyl (C=O) groups excluding carboxylic acids is 2. The van der Waals surface area contributed by atoms with E-state index in [1.54, 1.807) is 18.2 Å². The van der Waals surface area contributed by atoms with Gasteiger partial charge in [-0.3, -0.25) is 19.3 Å². The van der Waals surface area contributed by atoms with Gasteiger partial charge in [0.1, 0.15) is 13.2 Å². The molecule has 0 radical (unpaired) electrons. The molecule has 0 spiro atoms. The van der Waals surface area contributed by atoms with E-state index < -0.39 is 23.7 Å². The molecule has 33 heavy (non-hydrogen) atoms. The van der Waals surface area contributed by atoms with Crippen LogP contribution in [0.3, 0.4) is 0 Å². The number of carbonyl (C=O) groups is 3. The number of imide groups is 1. The van der Waals surface area contributed by atoms with Gasteiger partial charge in [0.15, 0.2) is 11.5 Å². The normalized spacial score (nSPS) is 14.6. The van der Waals surface area contributed by atoms with Gasteiger partial charge in [-0.15, -0.1) is 6.58 Å². The molecule has 172 valence electrons. The summed E-state index contributed by atoms with van der Waals surface area (Å²) >= 11 is 2.96. The quantitative estimate of drug-likeness (QED) is 0.237. The molecule has 1 fully saturated rings. The monoisotopic (exact) mass is 579 g/mol. The molecule has 2 aromatic rings. The van der Waals surface area contributed by atoms with Crippen molar-refractivity contribution in [2.75, 3.05) is 13.2 Å². The Bertz CT molecular complexity index is 1110. The summed E-state index contributed by atoms with van der Waals surface area (Å²) in [5.74, 6) is -0.778. The third kappa shape index (κ3) is 6.38. The van der Waals surface area contributed by atoms with Crippen LogP contribution in [-0.4, -0.2) is 40.3 Å². The topological polar surface area (TPSA) is 93.1 Å². The number of allylic oxidation sites excluding steroid dienone is 1. The lowest BCUT2D eigenvalue weighted by molar-refractivity contribution is -0.140. The number of aliphatic carboxylic acids is 1. The molecule has 0 bridgehead atoms. The zero-order valence-corrected chi connectivity index (χ0v) is 20.9. The first-order chi connectivity index (χ1) is 15.8. The number of halogens is 1. The number of hydrogen-bond donors (Lipinski definition) is 1. The lowest BCUT2D eigenvalue weighted by Gasteiger charge is -2.17. The largest absolute Gasteiger partial charge is 0.490 e. The van der Waals surface area contributed by atoms with Crippen LogP contribution in [0.4, 0.5) is 4.79 Å². The van der Waals surface area contributed by atoms with Crippen molar-refractivity contribution in [2.24, 2.45) is 0 Å². The van der Waals surface area contributed by atoms with Crippen LogP contribution in [0.5, 0.6) is 11.5 Å². The zero-order chi connectivity index (χ0) is 24.0. The first kappa shape index (κ1) is 24.8. The molecule has 1 aliphatic heterocycles. The lowest BCUT2D eigenvalue weighted by atomic mass is 10.0. The van der Waals surface area contributed by atoms with Crippen molar-refractivity contribution >= 4 is 57.5 Å². The molecule has 3 rings (SSSR count). The highest BCUT2D eigenvalue weighted by Crippen LogP contribution is 2.37. The fourth-order valence-electron chi connectivity index (χ4n) is 3.16. The van der Waals surface area contributed by atoms with Crippen LogP contribution < -0.4 is 9.47 Å². The van der Waals surface area contributed by atoms with Gasteiger partial charge in [0.25, 0.3) is 11.1 Å². The Morgan fingerprint density at radius 3 is 2.58 bits per heavy atom. The summed E-state index contributed by atoms with van der Waals surface area (Å²) in [6, 6.07) is 11.6. The molecule has 2 aromatic carbocycles. The average molecular weight is 579 g/mol. The van der Waals surface area contributed by atoms with E-state index in [1.807, 2.05) is 37.3 Å². The van der Waals surface area contributed by atoms with Gasteiger partial charge in [-0.2, -0.15) is 0 Å². The Kier molecular flexibility index (Phi) is 8.56. The minimum atomic E-state index is -1.25. The summed E-state index contributed by atoms with van der Waals surface area (Å²) < 4.78 is 13.1. The number of amides is 2. The van der Waals surface area contributed by atoms with Crippen molar-refractivity contribution in [3.8, 4) is 11.5 Å². The van der Waals surface area contributed by atoms with Gasteiger partial charge in [0.2, 0.25) is 0 Å². The molecule has 9 heteroatoms. The van der Waals surface area contributed by atoms with E-state index in [0.29, 0.717) is 53.4 Å². The molecule has 2 amide bonds. The van der Waals surface area contributed by atoms with Gasteiger partial charge < -0.3 is 14.6 Å².